The SMILES string of the molecule is C=C(CS(=O)(=O)c1ccccc1)B(O)O. The van der Waals surface area contributed by atoms with E-state index in [-0.39, 0.29) is 10.4 Å². The third-order valence-corrected chi connectivity index (χ3v) is 3.58. The van der Waals surface area contributed by atoms with E-state index in [2.05, 4.69) is 6.58 Å². The Bertz CT molecular complexity index is 438. The second-order valence-electron chi connectivity index (χ2n) is 3.10. The minimum absolute atomic E-state index is 0.140. The van der Waals surface area contributed by atoms with Crippen LogP contribution >= 0.6 is 0 Å². The second kappa shape index (κ2) is 4.61. The lowest BCUT2D eigenvalue weighted by atomic mass is 9.82. The summed E-state index contributed by atoms with van der Waals surface area (Å²) in [6.07, 6.45) is 0. The van der Waals surface area contributed by atoms with Crippen LogP contribution in [0.1, 0.15) is 0 Å². The largest absolute Gasteiger partial charge is 0.484 e. The molecule has 1 rings (SSSR count). The van der Waals surface area contributed by atoms with Gasteiger partial charge in [-0.2, -0.15) is 0 Å². The summed E-state index contributed by atoms with van der Waals surface area (Å²) in [6.45, 7) is 3.29. The van der Waals surface area contributed by atoms with Gasteiger partial charge in [-0.15, -0.1) is 6.58 Å². The number of hydrogen-bond acceptors (Lipinski definition) is 4. The number of hydrogen-bond donors (Lipinski definition) is 2. The maximum absolute atomic E-state index is 11.7. The minimum Gasteiger partial charge on any atom is -0.423 e. The first-order valence-corrected chi connectivity index (χ1v) is 5.90. The van der Waals surface area contributed by atoms with E-state index in [1.807, 2.05) is 0 Å². The van der Waals surface area contributed by atoms with E-state index in [1.54, 1.807) is 18.2 Å². The summed E-state index contributed by atoms with van der Waals surface area (Å²) in [5.74, 6) is -0.464. The van der Waals surface area contributed by atoms with Crippen molar-refractivity contribution in [3.8, 4) is 0 Å². The highest BCUT2D eigenvalue weighted by Gasteiger charge is 2.21. The zero-order chi connectivity index (χ0) is 11.5. The average molecular weight is 226 g/mol. The predicted octanol–water partition coefficient (Wildman–Crippen LogP) is 0.0285. The molecule has 2 N–H and O–H groups in total. The Morgan fingerprint density at radius 3 is 2.27 bits per heavy atom. The Morgan fingerprint density at radius 2 is 1.80 bits per heavy atom. The molecule has 0 amide bonds. The van der Waals surface area contributed by atoms with E-state index in [4.69, 9.17) is 10.0 Å². The minimum atomic E-state index is -3.52. The van der Waals surface area contributed by atoms with Gasteiger partial charge in [0.15, 0.2) is 9.84 Å². The van der Waals surface area contributed by atoms with Crippen LogP contribution in [0.2, 0.25) is 0 Å². The van der Waals surface area contributed by atoms with Crippen molar-refractivity contribution in [1.82, 2.24) is 0 Å². The van der Waals surface area contributed by atoms with Crippen LogP contribution in [-0.2, 0) is 9.84 Å². The van der Waals surface area contributed by atoms with Crippen molar-refractivity contribution in [3.63, 3.8) is 0 Å². The van der Waals surface area contributed by atoms with E-state index >= 15 is 0 Å². The van der Waals surface area contributed by atoms with Crippen LogP contribution in [0.15, 0.2) is 47.3 Å². The average Bonchev–Trinajstić information content (AvgIpc) is 2.18. The molecule has 0 atom stereocenters. The second-order valence-corrected chi connectivity index (χ2v) is 5.09. The van der Waals surface area contributed by atoms with E-state index in [1.165, 1.54) is 12.1 Å². The summed E-state index contributed by atoms with van der Waals surface area (Å²) in [4.78, 5) is 0.145. The molecule has 15 heavy (non-hydrogen) atoms. The van der Waals surface area contributed by atoms with Crippen LogP contribution in [0, 0.1) is 0 Å². The van der Waals surface area contributed by atoms with Gasteiger partial charge in [-0.1, -0.05) is 18.2 Å². The first-order chi connectivity index (χ1) is 6.93. The van der Waals surface area contributed by atoms with Crippen molar-refractivity contribution in [1.29, 1.82) is 0 Å². The molecule has 0 aliphatic rings. The highest BCUT2D eigenvalue weighted by atomic mass is 32.2. The van der Waals surface area contributed by atoms with Gasteiger partial charge in [-0.3, -0.25) is 0 Å². The van der Waals surface area contributed by atoms with Gasteiger partial charge >= 0.3 is 7.12 Å². The molecule has 4 nitrogen and oxygen atoms in total. The van der Waals surface area contributed by atoms with Crippen LogP contribution in [0.4, 0.5) is 0 Å². The van der Waals surface area contributed by atoms with E-state index in [0.717, 1.165) is 0 Å². The molecule has 0 radical (unpaired) electrons. The lowest BCUT2D eigenvalue weighted by Gasteiger charge is -2.05. The number of rotatable bonds is 4. The lowest BCUT2D eigenvalue weighted by molar-refractivity contribution is 0.419. The molecule has 0 saturated carbocycles. The van der Waals surface area contributed by atoms with Gasteiger partial charge in [0.05, 0.1) is 10.6 Å². The Kier molecular flexibility index (Phi) is 3.68. The van der Waals surface area contributed by atoms with Crippen LogP contribution in [0.3, 0.4) is 0 Å². The molecular formula is C9H11BO4S. The molecular weight excluding hydrogens is 215 g/mol. The molecule has 80 valence electrons. The highest BCUT2D eigenvalue weighted by Crippen LogP contribution is 2.12. The smallest absolute Gasteiger partial charge is 0.423 e. The van der Waals surface area contributed by atoms with Crippen molar-refractivity contribution in [3.05, 3.63) is 42.4 Å². The third-order valence-electron chi connectivity index (χ3n) is 1.84. The molecule has 1 aromatic rings. The van der Waals surface area contributed by atoms with E-state index in [9.17, 15) is 8.42 Å². The van der Waals surface area contributed by atoms with Gasteiger partial charge in [-0.25, -0.2) is 8.42 Å². The van der Waals surface area contributed by atoms with Crippen LogP contribution in [0.5, 0.6) is 0 Å². The first kappa shape index (κ1) is 12.0. The molecule has 0 fully saturated rings. The van der Waals surface area contributed by atoms with Crippen LogP contribution < -0.4 is 0 Å². The normalized spacial score (nSPS) is 11.1. The van der Waals surface area contributed by atoms with E-state index in [0.29, 0.717) is 0 Å². The summed E-state index contributed by atoms with van der Waals surface area (Å²) < 4.78 is 23.3. The Balaban J connectivity index is 2.91. The van der Waals surface area contributed by atoms with Crippen molar-refractivity contribution in [2.75, 3.05) is 5.75 Å². The number of sulfone groups is 1. The highest BCUT2D eigenvalue weighted by molar-refractivity contribution is 7.91. The zero-order valence-electron chi connectivity index (χ0n) is 8.00. The van der Waals surface area contributed by atoms with Gasteiger partial charge < -0.3 is 10.0 Å². The molecule has 0 heterocycles. The fourth-order valence-electron chi connectivity index (χ4n) is 1.03. The fourth-order valence-corrected chi connectivity index (χ4v) is 2.41. The van der Waals surface area contributed by atoms with Crippen molar-refractivity contribution >= 4 is 17.0 Å². The van der Waals surface area contributed by atoms with E-state index < -0.39 is 22.7 Å². The summed E-state index contributed by atoms with van der Waals surface area (Å²) in [7, 11) is -5.33. The number of benzene rings is 1. The quantitative estimate of drug-likeness (QED) is 0.710. The monoisotopic (exact) mass is 226 g/mol. The molecule has 0 aromatic heterocycles. The maximum atomic E-state index is 11.7. The summed E-state index contributed by atoms with van der Waals surface area (Å²) in [6, 6.07) is 7.81. The Morgan fingerprint density at radius 1 is 1.27 bits per heavy atom. The molecule has 1 aromatic carbocycles. The van der Waals surface area contributed by atoms with Gasteiger partial charge in [0, 0.05) is 0 Å². The van der Waals surface area contributed by atoms with Crippen LogP contribution in [-0.4, -0.2) is 31.3 Å². The molecule has 0 unspecified atom stereocenters. The van der Waals surface area contributed by atoms with Crippen molar-refractivity contribution in [2.24, 2.45) is 0 Å². The molecule has 0 aliphatic carbocycles. The molecule has 0 aliphatic heterocycles. The zero-order valence-corrected chi connectivity index (χ0v) is 8.81. The third kappa shape index (κ3) is 3.19. The van der Waals surface area contributed by atoms with Gasteiger partial charge in [0.2, 0.25) is 0 Å². The van der Waals surface area contributed by atoms with Crippen molar-refractivity contribution < 1.29 is 18.5 Å². The summed E-state index contributed by atoms with van der Waals surface area (Å²) in [5, 5.41) is 17.4. The molecule has 0 bridgehead atoms. The van der Waals surface area contributed by atoms with Gasteiger partial charge in [0.1, 0.15) is 0 Å². The van der Waals surface area contributed by atoms with Crippen LogP contribution in [0.25, 0.3) is 0 Å². The van der Waals surface area contributed by atoms with Gasteiger partial charge in [-0.05, 0) is 17.6 Å². The Labute approximate surface area is 88.9 Å². The maximum Gasteiger partial charge on any atom is 0.484 e. The molecule has 0 spiro atoms. The lowest BCUT2D eigenvalue weighted by Crippen LogP contribution is -2.21. The summed E-state index contributed by atoms with van der Waals surface area (Å²) >= 11 is 0. The van der Waals surface area contributed by atoms with Gasteiger partial charge in [0.25, 0.3) is 0 Å². The molecule has 6 heteroatoms. The van der Waals surface area contributed by atoms with Crippen molar-refractivity contribution in [2.45, 2.75) is 4.90 Å². The standard InChI is InChI=1S/C9H11BO4S/c1-8(10(11)12)7-15(13,14)9-5-3-2-4-6-9/h2-6,11-12H,1,7H2. The first-order valence-electron chi connectivity index (χ1n) is 4.25. The topological polar surface area (TPSA) is 74.6 Å². The fraction of sp³-hybridized carbons (Fsp3) is 0.111. The molecule has 0 saturated heterocycles. The summed E-state index contributed by atoms with van der Waals surface area (Å²) in [5.41, 5.74) is -0.140. The predicted molar refractivity (Wildman–Crippen MR) is 57.8 cm³/mol. The Hall–Kier alpha value is -1.11.